The Kier molecular flexibility index (Phi) is 5.57. The summed E-state index contributed by atoms with van der Waals surface area (Å²) in [6.45, 7) is 3.59. The summed E-state index contributed by atoms with van der Waals surface area (Å²) < 4.78 is 38.1. The molecular formula is C21H24N2O5S. The second-order valence-corrected chi connectivity index (χ2v) is 8.52. The lowest BCUT2D eigenvalue weighted by Gasteiger charge is -2.30. The summed E-state index contributed by atoms with van der Waals surface area (Å²) >= 11 is 0. The molecule has 154 valence electrons. The molecule has 0 aliphatic carbocycles. The summed E-state index contributed by atoms with van der Waals surface area (Å²) in [6, 6.07) is 10.6. The third-order valence-corrected chi connectivity index (χ3v) is 6.98. The summed E-state index contributed by atoms with van der Waals surface area (Å²) in [6.07, 6.45) is 0.709. The van der Waals surface area contributed by atoms with Crippen molar-refractivity contribution in [1.82, 2.24) is 0 Å². The number of carbonyl (C=O) groups excluding carboxylic acids is 1. The van der Waals surface area contributed by atoms with E-state index in [0.717, 1.165) is 9.87 Å². The number of nitrogens with one attached hydrogen (secondary N) is 1. The molecule has 1 heterocycles. The van der Waals surface area contributed by atoms with Gasteiger partial charge in [-0.25, -0.2) is 8.42 Å². The Balaban J connectivity index is 2.16. The molecule has 0 saturated carbocycles. The molecule has 8 heteroatoms. The van der Waals surface area contributed by atoms with Crippen LogP contribution in [0.25, 0.3) is 5.57 Å². The summed E-state index contributed by atoms with van der Waals surface area (Å²) in [4.78, 5) is 12.8. The number of carbonyl (C=O) groups is 1. The van der Waals surface area contributed by atoms with E-state index in [9.17, 15) is 13.2 Å². The van der Waals surface area contributed by atoms with Gasteiger partial charge in [0.05, 0.1) is 19.9 Å². The van der Waals surface area contributed by atoms with E-state index in [4.69, 9.17) is 9.47 Å². The highest BCUT2D eigenvalue weighted by molar-refractivity contribution is 7.97. The van der Waals surface area contributed by atoms with Crippen molar-refractivity contribution in [1.29, 1.82) is 0 Å². The van der Waals surface area contributed by atoms with Gasteiger partial charge >= 0.3 is 0 Å². The fourth-order valence-corrected chi connectivity index (χ4v) is 4.89. The maximum Gasteiger partial charge on any atom is 0.269 e. The molecule has 0 atom stereocenters. The molecule has 0 saturated heterocycles. The molecular weight excluding hydrogens is 392 g/mol. The van der Waals surface area contributed by atoms with Crippen molar-refractivity contribution in [2.24, 2.45) is 0 Å². The number of aryl methyl sites for hydroxylation is 1. The molecule has 0 fully saturated rings. The topological polar surface area (TPSA) is 84.9 Å². The summed E-state index contributed by atoms with van der Waals surface area (Å²) in [5.41, 5.74) is 2.88. The van der Waals surface area contributed by atoms with Gasteiger partial charge in [0.2, 0.25) is 0 Å². The first-order chi connectivity index (χ1) is 13.8. The lowest BCUT2D eigenvalue weighted by atomic mass is 10.0. The Morgan fingerprint density at radius 2 is 1.72 bits per heavy atom. The van der Waals surface area contributed by atoms with E-state index in [1.54, 1.807) is 31.2 Å². The van der Waals surface area contributed by atoms with Crippen LogP contribution in [-0.4, -0.2) is 35.6 Å². The maximum atomic E-state index is 13.2. The van der Waals surface area contributed by atoms with Crippen LogP contribution in [0.4, 0.5) is 11.4 Å². The number of methoxy groups -OCH3 is 2. The van der Waals surface area contributed by atoms with Crippen LogP contribution in [0.1, 0.15) is 25.0 Å². The highest BCUT2D eigenvalue weighted by atomic mass is 32.2. The lowest BCUT2D eigenvalue weighted by Crippen LogP contribution is -2.36. The van der Waals surface area contributed by atoms with Crippen LogP contribution in [0.3, 0.4) is 0 Å². The third-order valence-electron chi connectivity index (χ3n) is 5.06. The number of fused-ring (bicyclic) bond motifs is 1. The Hall–Kier alpha value is -3.00. The number of anilines is 2. The lowest BCUT2D eigenvalue weighted by molar-refractivity contribution is -0.112. The van der Waals surface area contributed by atoms with Crippen molar-refractivity contribution >= 4 is 32.9 Å². The van der Waals surface area contributed by atoms with Gasteiger partial charge < -0.3 is 14.8 Å². The van der Waals surface area contributed by atoms with Crippen LogP contribution >= 0.6 is 0 Å². The van der Waals surface area contributed by atoms with Crippen molar-refractivity contribution in [2.45, 2.75) is 20.3 Å². The third kappa shape index (κ3) is 3.44. The number of hydrogen-bond acceptors (Lipinski definition) is 5. The first-order valence-electron chi connectivity index (χ1n) is 9.11. The van der Waals surface area contributed by atoms with Crippen LogP contribution in [-0.2, 0) is 21.2 Å². The molecule has 1 aliphatic rings. The van der Waals surface area contributed by atoms with Crippen molar-refractivity contribution in [3.8, 4) is 11.5 Å². The largest absolute Gasteiger partial charge is 0.493 e. The van der Waals surface area contributed by atoms with Gasteiger partial charge in [0, 0.05) is 24.4 Å². The quantitative estimate of drug-likeness (QED) is 0.807. The predicted molar refractivity (Wildman–Crippen MR) is 114 cm³/mol. The van der Waals surface area contributed by atoms with Crippen molar-refractivity contribution in [3.63, 3.8) is 0 Å². The number of amides is 1. The molecule has 29 heavy (non-hydrogen) atoms. The highest BCUT2D eigenvalue weighted by Gasteiger charge is 2.38. The molecule has 1 aliphatic heterocycles. The maximum absolute atomic E-state index is 13.2. The zero-order valence-corrected chi connectivity index (χ0v) is 17.9. The van der Waals surface area contributed by atoms with Crippen LogP contribution in [0.5, 0.6) is 11.5 Å². The molecule has 0 aromatic heterocycles. The second kappa shape index (κ2) is 7.79. The first-order valence-corrected chi connectivity index (χ1v) is 10.6. The molecule has 0 spiro atoms. The van der Waals surface area contributed by atoms with Crippen LogP contribution < -0.4 is 19.1 Å². The van der Waals surface area contributed by atoms with E-state index in [0.29, 0.717) is 40.4 Å². The van der Waals surface area contributed by atoms with Crippen LogP contribution in [0.15, 0.2) is 41.3 Å². The van der Waals surface area contributed by atoms with E-state index < -0.39 is 15.9 Å². The summed E-state index contributed by atoms with van der Waals surface area (Å²) in [5, 5.41) is 2.76. The highest BCUT2D eigenvalue weighted by Crippen LogP contribution is 2.44. The number of allylic oxidation sites excluding steroid dienone is 1. The van der Waals surface area contributed by atoms with E-state index in [2.05, 4.69) is 5.32 Å². The minimum atomic E-state index is -4.04. The zero-order valence-electron chi connectivity index (χ0n) is 17.1. The number of ether oxygens (including phenoxy) is 2. The van der Waals surface area contributed by atoms with Gasteiger partial charge in [-0.05, 0) is 36.6 Å². The molecule has 0 unspecified atom stereocenters. The molecule has 7 nitrogen and oxygen atoms in total. The second-order valence-electron chi connectivity index (χ2n) is 6.62. The molecule has 2 aromatic carbocycles. The van der Waals surface area contributed by atoms with E-state index in [1.165, 1.54) is 21.3 Å². The van der Waals surface area contributed by atoms with Crippen molar-refractivity contribution in [2.75, 3.05) is 30.9 Å². The molecule has 0 radical (unpaired) electrons. The standard InChI is InChI=1S/C21H24N2O5S/c1-6-14-9-7-8-10-16(14)22-21(24)20-13(2)15-11-18(27-4)19(28-5)12-17(15)23(3)29(20,25)26/h7-12H,6H2,1-5H3,(H,22,24). The molecule has 0 bridgehead atoms. The monoisotopic (exact) mass is 416 g/mol. The number of para-hydroxylation sites is 1. The van der Waals surface area contributed by atoms with Gasteiger partial charge in [0.1, 0.15) is 0 Å². The van der Waals surface area contributed by atoms with Gasteiger partial charge in [-0.1, -0.05) is 25.1 Å². The van der Waals surface area contributed by atoms with Gasteiger partial charge in [0.25, 0.3) is 15.9 Å². The van der Waals surface area contributed by atoms with E-state index >= 15 is 0 Å². The molecule has 2 aromatic rings. The van der Waals surface area contributed by atoms with Crippen molar-refractivity contribution in [3.05, 3.63) is 52.4 Å². The smallest absolute Gasteiger partial charge is 0.269 e. The molecule has 3 rings (SSSR count). The number of rotatable bonds is 5. The fourth-order valence-electron chi connectivity index (χ4n) is 3.43. The van der Waals surface area contributed by atoms with Gasteiger partial charge in [-0.15, -0.1) is 0 Å². The summed E-state index contributed by atoms with van der Waals surface area (Å²) in [7, 11) is 0.355. The van der Waals surface area contributed by atoms with Gasteiger partial charge in [-0.2, -0.15) is 0 Å². The van der Waals surface area contributed by atoms with E-state index in [-0.39, 0.29) is 4.91 Å². The Bertz CT molecular complexity index is 1110. The number of hydrogen-bond donors (Lipinski definition) is 1. The average Bonchev–Trinajstić information content (AvgIpc) is 2.71. The Labute approximate surface area is 171 Å². The number of sulfonamides is 1. The van der Waals surface area contributed by atoms with Crippen LogP contribution in [0.2, 0.25) is 0 Å². The average molecular weight is 416 g/mol. The Morgan fingerprint density at radius 1 is 1.10 bits per heavy atom. The molecule has 1 amide bonds. The van der Waals surface area contributed by atoms with Crippen molar-refractivity contribution < 1.29 is 22.7 Å². The number of benzene rings is 2. The van der Waals surface area contributed by atoms with Gasteiger partial charge in [0.15, 0.2) is 16.4 Å². The van der Waals surface area contributed by atoms with Gasteiger partial charge in [-0.3, -0.25) is 9.10 Å². The fraction of sp³-hybridized carbons (Fsp3) is 0.286. The minimum Gasteiger partial charge on any atom is -0.493 e. The van der Waals surface area contributed by atoms with Crippen LogP contribution in [0, 0.1) is 0 Å². The first kappa shape index (κ1) is 20.7. The minimum absolute atomic E-state index is 0.286. The number of nitrogens with zero attached hydrogens (tertiary/aromatic N) is 1. The SMILES string of the molecule is CCc1ccccc1NC(=O)C1=C(C)c2cc(OC)c(OC)cc2N(C)S1(=O)=O. The predicted octanol–water partition coefficient (Wildman–Crippen LogP) is 3.42. The normalized spacial score (nSPS) is 15.0. The zero-order chi connectivity index (χ0) is 21.3. The summed E-state index contributed by atoms with van der Waals surface area (Å²) in [5.74, 6) is 0.191. The molecule has 1 N–H and O–H groups in total. The Morgan fingerprint density at radius 3 is 2.34 bits per heavy atom. The van der Waals surface area contributed by atoms with E-state index in [1.807, 2.05) is 19.1 Å².